The first-order valence-corrected chi connectivity index (χ1v) is 6.05. The molecule has 0 atom stereocenters. The molecule has 3 nitrogen and oxygen atoms in total. The highest BCUT2D eigenvalue weighted by Gasteiger charge is 2.21. The number of rotatable bonds is 3. The van der Waals surface area contributed by atoms with Crippen LogP contribution in [0.5, 0.6) is 0 Å². The second-order valence-electron chi connectivity index (χ2n) is 3.91. The Bertz CT molecular complexity index is 302. The van der Waals surface area contributed by atoms with E-state index in [1.54, 1.807) is 0 Å². The number of aromatic nitrogens is 2. The van der Waals surface area contributed by atoms with Gasteiger partial charge in [-0.05, 0) is 35.3 Å². The number of aromatic amines is 1. The average molecular weight is 258 g/mol. The third-order valence-electron chi connectivity index (χ3n) is 2.88. The van der Waals surface area contributed by atoms with Gasteiger partial charge in [-0.1, -0.05) is 12.8 Å². The van der Waals surface area contributed by atoms with Crippen molar-refractivity contribution in [2.75, 3.05) is 6.54 Å². The van der Waals surface area contributed by atoms with Crippen LogP contribution in [0.15, 0.2) is 4.60 Å². The highest BCUT2D eigenvalue weighted by molar-refractivity contribution is 9.10. The number of H-pyrrole nitrogens is 1. The van der Waals surface area contributed by atoms with Gasteiger partial charge in [0.05, 0.1) is 5.69 Å². The second kappa shape index (κ2) is 4.45. The van der Waals surface area contributed by atoms with Gasteiger partial charge in [-0.25, -0.2) is 4.98 Å². The summed E-state index contributed by atoms with van der Waals surface area (Å²) in [7, 11) is 0. The van der Waals surface area contributed by atoms with E-state index in [-0.39, 0.29) is 0 Å². The van der Waals surface area contributed by atoms with Crippen molar-refractivity contribution in [3.63, 3.8) is 0 Å². The van der Waals surface area contributed by atoms with E-state index < -0.39 is 0 Å². The van der Waals surface area contributed by atoms with Gasteiger partial charge in [0.15, 0.2) is 0 Å². The van der Waals surface area contributed by atoms with Crippen LogP contribution >= 0.6 is 15.9 Å². The molecule has 0 radical (unpaired) electrons. The summed E-state index contributed by atoms with van der Waals surface area (Å²) >= 11 is 3.47. The molecule has 0 bridgehead atoms. The van der Waals surface area contributed by atoms with Gasteiger partial charge in [-0.15, -0.1) is 0 Å². The summed E-state index contributed by atoms with van der Waals surface area (Å²) in [6.45, 7) is 0.672. The molecule has 0 aliphatic heterocycles. The van der Waals surface area contributed by atoms with Crippen molar-refractivity contribution >= 4 is 15.9 Å². The van der Waals surface area contributed by atoms with E-state index in [1.165, 1.54) is 25.7 Å². The molecule has 1 heterocycles. The first kappa shape index (κ1) is 10.2. The Morgan fingerprint density at radius 2 is 2.14 bits per heavy atom. The van der Waals surface area contributed by atoms with Crippen LogP contribution in [0.4, 0.5) is 0 Å². The Morgan fingerprint density at radius 1 is 1.43 bits per heavy atom. The van der Waals surface area contributed by atoms with E-state index in [2.05, 4.69) is 25.9 Å². The molecule has 14 heavy (non-hydrogen) atoms. The SMILES string of the molecule is NCCc1[nH]c(C2CCCC2)nc1Br. The Morgan fingerprint density at radius 3 is 2.79 bits per heavy atom. The Balaban J connectivity index is 2.14. The number of imidazole rings is 1. The van der Waals surface area contributed by atoms with Crippen LogP contribution in [0.1, 0.15) is 43.1 Å². The largest absolute Gasteiger partial charge is 0.345 e. The number of nitrogens with zero attached hydrogens (tertiary/aromatic N) is 1. The molecule has 0 aromatic carbocycles. The van der Waals surface area contributed by atoms with Crippen LogP contribution in [0.3, 0.4) is 0 Å². The first-order chi connectivity index (χ1) is 6.81. The molecule has 1 fully saturated rings. The van der Waals surface area contributed by atoms with E-state index in [0.29, 0.717) is 12.5 Å². The lowest BCUT2D eigenvalue weighted by Gasteiger charge is -2.03. The molecule has 4 heteroatoms. The third-order valence-corrected chi connectivity index (χ3v) is 3.54. The maximum Gasteiger partial charge on any atom is 0.127 e. The summed E-state index contributed by atoms with van der Waals surface area (Å²) < 4.78 is 0.949. The standard InChI is InChI=1S/C10H16BrN3/c11-9-8(5-6-12)13-10(14-9)7-3-1-2-4-7/h7H,1-6,12H2,(H,13,14). The fourth-order valence-corrected chi connectivity index (χ4v) is 2.60. The Hall–Kier alpha value is -0.350. The molecular weight excluding hydrogens is 242 g/mol. The zero-order chi connectivity index (χ0) is 9.97. The monoisotopic (exact) mass is 257 g/mol. The lowest BCUT2D eigenvalue weighted by atomic mass is 10.1. The molecule has 0 saturated heterocycles. The number of nitrogens with one attached hydrogen (secondary N) is 1. The summed E-state index contributed by atoms with van der Waals surface area (Å²) in [5.41, 5.74) is 6.67. The van der Waals surface area contributed by atoms with E-state index >= 15 is 0 Å². The summed E-state index contributed by atoms with van der Waals surface area (Å²) in [4.78, 5) is 7.90. The number of halogens is 1. The smallest absolute Gasteiger partial charge is 0.127 e. The second-order valence-corrected chi connectivity index (χ2v) is 4.66. The fraction of sp³-hybridized carbons (Fsp3) is 0.700. The molecular formula is C10H16BrN3. The molecule has 78 valence electrons. The number of hydrogen-bond acceptors (Lipinski definition) is 2. The topological polar surface area (TPSA) is 54.7 Å². The van der Waals surface area contributed by atoms with Crippen molar-refractivity contribution in [3.8, 4) is 0 Å². The van der Waals surface area contributed by atoms with E-state index in [1.807, 2.05) is 0 Å². The van der Waals surface area contributed by atoms with E-state index in [0.717, 1.165) is 22.5 Å². The molecule has 1 aromatic heterocycles. The van der Waals surface area contributed by atoms with Crippen molar-refractivity contribution in [2.45, 2.75) is 38.0 Å². The van der Waals surface area contributed by atoms with Crippen molar-refractivity contribution in [1.82, 2.24) is 9.97 Å². The predicted molar refractivity (Wildman–Crippen MR) is 60.3 cm³/mol. The first-order valence-electron chi connectivity index (χ1n) is 5.25. The van der Waals surface area contributed by atoms with Crippen LogP contribution in [0.2, 0.25) is 0 Å². The minimum Gasteiger partial charge on any atom is -0.345 e. The Labute approximate surface area is 92.6 Å². The van der Waals surface area contributed by atoms with Gasteiger partial charge in [0.1, 0.15) is 10.4 Å². The van der Waals surface area contributed by atoms with Crippen LogP contribution in [0.25, 0.3) is 0 Å². The molecule has 2 rings (SSSR count). The highest BCUT2D eigenvalue weighted by atomic mass is 79.9. The summed E-state index contributed by atoms with van der Waals surface area (Å²) in [6, 6.07) is 0. The van der Waals surface area contributed by atoms with Gasteiger partial charge in [-0.2, -0.15) is 0 Å². The van der Waals surface area contributed by atoms with E-state index in [4.69, 9.17) is 5.73 Å². The Kier molecular flexibility index (Phi) is 3.23. The average Bonchev–Trinajstić information content (AvgIpc) is 2.76. The predicted octanol–water partition coefficient (Wildman–Crippen LogP) is 2.33. The van der Waals surface area contributed by atoms with E-state index in [9.17, 15) is 0 Å². The molecule has 0 unspecified atom stereocenters. The van der Waals surface area contributed by atoms with Gasteiger partial charge in [-0.3, -0.25) is 0 Å². The zero-order valence-corrected chi connectivity index (χ0v) is 9.81. The van der Waals surface area contributed by atoms with Crippen LogP contribution in [-0.2, 0) is 6.42 Å². The zero-order valence-electron chi connectivity index (χ0n) is 8.22. The summed E-state index contributed by atoms with van der Waals surface area (Å²) in [5.74, 6) is 1.80. The van der Waals surface area contributed by atoms with Crippen LogP contribution in [-0.4, -0.2) is 16.5 Å². The fourth-order valence-electron chi connectivity index (χ4n) is 2.11. The van der Waals surface area contributed by atoms with Gasteiger partial charge < -0.3 is 10.7 Å². The lowest BCUT2D eigenvalue weighted by Crippen LogP contribution is -2.03. The van der Waals surface area contributed by atoms with Gasteiger partial charge >= 0.3 is 0 Å². The normalized spacial score (nSPS) is 17.9. The minimum absolute atomic E-state index is 0.651. The van der Waals surface area contributed by atoms with Crippen LogP contribution in [0, 0.1) is 0 Å². The third kappa shape index (κ3) is 2.01. The molecule has 3 N–H and O–H groups in total. The lowest BCUT2D eigenvalue weighted by molar-refractivity contribution is 0.675. The minimum atomic E-state index is 0.651. The van der Waals surface area contributed by atoms with Crippen molar-refractivity contribution in [3.05, 3.63) is 16.1 Å². The quantitative estimate of drug-likeness (QED) is 0.874. The molecule has 0 spiro atoms. The van der Waals surface area contributed by atoms with Crippen molar-refractivity contribution in [2.24, 2.45) is 5.73 Å². The maximum atomic E-state index is 5.52. The summed E-state index contributed by atoms with van der Waals surface area (Å²) in [6.07, 6.45) is 6.12. The number of hydrogen-bond donors (Lipinski definition) is 2. The maximum absolute atomic E-state index is 5.52. The molecule has 1 aromatic rings. The molecule has 1 aliphatic carbocycles. The van der Waals surface area contributed by atoms with Gasteiger partial charge in [0.25, 0.3) is 0 Å². The van der Waals surface area contributed by atoms with Crippen LogP contribution < -0.4 is 5.73 Å². The number of nitrogens with two attached hydrogens (primary N) is 1. The van der Waals surface area contributed by atoms with Gasteiger partial charge in [0.2, 0.25) is 0 Å². The summed E-state index contributed by atoms with van der Waals surface area (Å²) in [5, 5.41) is 0. The molecule has 1 aliphatic rings. The van der Waals surface area contributed by atoms with Crippen molar-refractivity contribution in [1.29, 1.82) is 0 Å². The van der Waals surface area contributed by atoms with Gasteiger partial charge in [0, 0.05) is 12.3 Å². The molecule has 0 amide bonds. The molecule has 1 saturated carbocycles. The van der Waals surface area contributed by atoms with Crippen molar-refractivity contribution < 1.29 is 0 Å². The highest BCUT2D eigenvalue weighted by Crippen LogP contribution is 2.33.